The summed E-state index contributed by atoms with van der Waals surface area (Å²) in [6.07, 6.45) is 3.00. The van der Waals surface area contributed by atoms with Gasteiger partial charge in [0.25, 0.3) is 0 Å². The summed E-state index contributed by atoms with van der Waals surface area (Å²) < 4.78 is 1.55. The lowest BCUT2D eigenvalue weighted by atomic mass is 10.2. The lowest BCUT2D eigenvalue weighted by Crippen LogP contribution is -2.12. The van der Waals surface area contributed by atoms with E-state index < -0.39 is 17.2 Å². The van der Waals surface area contributed by atoms with Crippen LogP contribution in [0.1, 0.15) is 5.56 Å². The number of aromatic nitrogens is 1. The predicted molar refractivity (Wildman–Crippen MR) is 113 cm³/mol. The molecule has 0 unspecified atom stereocenters. The van der Waals surface area contributed by atoms with Crippen LogP contribution in [0.25, 0.3) is 11.3 Å². The minimum absolute atomic E-state index is 0.215. The first kappa shape index (κ1) is 20.0. The molecule has 2 aromatic carbocycles. The topological polar surface area (TPSA) is 90.3 Å². The molecule has 0 radical (unpaired) electrons. The molecule has 0 aliphatic rings. The molecular formula is C19H15Cl2N3O3S. The SMILES string of the molecule is C=CCN=c1scc(-c2cc(Cl)ccc2Cl)n1N=Cc1ccc(O)c(O)c1O. The van der Waals surface area contributed by atoms with E-state index in [1.165, 1.54) is 29.7 Å². The minimum atomic E-state index is -0.617. The first-order valence-corrected chi connectivity index (χ1v) is 9.61. The number of phenols is 3. The molecule has 0 aliphatic carbocycles. The average Bonchev–Trinajstić information content (AvgIpc) is 3.08. The number of halogens is 2. The van der Waals surface area contributed by atoms with E-state index in [-0.39, 0.29) is 5.56 Å². The smallest absolute Gasteiger partial charge is 0.206 e. The predicted octanol–water partition coefficient (Wildman–Crippen LogP) is 4.61. The lowest BCUT2D eigenvalue weighted by Gasteiger charge is -2.07. The highest BCUT2D eigenvalue weighted by molar-refractivity contribution is 7.07. The molecule has 0 saturated heterocycles. The van der Waals surface area contributed by atoms with E-state index in [1.807, 2.05) is 5.38 Å². The van der Waals surface area contributed by atoms with Gasteiger partial charge in [-0.05, 0) is 30.3 Å². The van der Waals surface area contributed by atoms with Gasteiger partial charge < -0.3 is 15.3 Å². The number of benzene rings is 2. The third kappa shape index (κ3) is 4.06. The van der Waals surface area contributed by atoms with E-state index in [1.54, 1.807) is 29.0 Å². The summed E-state index contributed by atoms with van der Waals surface area (Å²) in [7, 11) is 0. The van der Waals surface area contributed by atoms with Gasteiger partial charge in [-0.1, -0.05) is 29.3 Å². The van der Waals surface area contributed by atoms with E-state index in [2.05, 4.69) is 16.7 Å². The third-order valence-electron chi connectivity index (χ3n) is 3.72. The fraction of sp³-hybridized carbons (Fsp3) is 0.0526. The van der Waals surface area contributed by atoms with Crippen molar-refractivity contribution in [3.8, 4) is 28.5 Å². The monoisotopic (exact) mass is 435 g/mol. The molecule has 144 valence electrons. The molecule has 0 fully saturated rings. The van der Waals surface area contributed by atoms with Crippen molar-refractivity contribution >= 4 is 40.8 Å². The Morgan fingerprint density at radius 3 is 2.64 bits per heavy atom. The van der Waals surface area contributed by atoms with E-state index in [9.17, 15) is 15.3 Å². The first-order valence-electron chi connectivity index (χ1n) is 7.98. The Morgan fingerprint density at radius 1 is 1.11 bits per heavy atom. The van der Waals surface area contributed by atoms with Gasteiger partial charge in [-0.3, -0.25) is 4.99 Å². The molecule has 0 amide bonds. The Balaban J connectivity index is 2.16. The van der Waals surface area contributed by atoms with Crippen LogP contribution in [-0.2, 0) is 0 Å². The van der Waals surface area contributed by atoms with Crippen LogP contribution in [0.2, 0.25) is 10.0 Å². The highest BCUT2D eigenvalue weighted by atomic mass is 35.5. The standard InChI is InChI=1S/C19H15Cl2N3O3S/c1-2-7-22-19-24(23-9-11-3-6-16(25)18(27)17(11)26)15(10-28-19)13-8-12(20)4-5-14(13)21/h2-6,8-10,25-27H,1,7H2. The van der Waals surface area contributed by atoms with Gasteiger partial charge in [0.15, 0.2) is 11.5 Å². The Bertz CT molecular complexity index is 1140. The van der Waals surface area contributed by atoms with Gasteiger partial charge in [0.2, 0.25) is 10.6 Å². The molecule has 0 spiro atoms. The normalized spacial score (nSPS) is 12.0. The summed E-state index contributed by atoms with van der Waals surface area (Å²) in [4.78, 5) is 4.98. The molecule has 0 aliphatic heterocycles. The van der Waals surface area contributed by atoms with Gasteiger partial charge in [0.1, 0.15) is 0 Å². The highest BCUT2D eigenvalue weighted by Gasteiger charge is 2.13. The summed E-state index contributed by atoms with van der Waals surface area (Å²) in [5.74, 6) is -1.52. The average molecular weight is 436 g/mol. The van der Waals surface area contributed by atoms with Gasteiger partial charge in [-0.2, -0.15) is 5.10 Å². The molecule has 3 aromatic rings. The quantitative estimate of drug-likeness (QED) is 0.310. The first-order chi connectivity index (χ1) is 13.4. The second kappa shape index (κ2) is 8.52. The zero-order valence-corrected chi connectivity index (χ0v) is 16.7. The molecule has 6 nitrogen and oxygen atoms in total. The number of phenolic OH excluding ortho intramolecular Hbond substituents is 3. The van der Waals surface area contributed by atoms with Gasteiger partial charge in [-0.25, -0.2) is 4.68 Å². The fourth-order valence-electron chi connectivity index (χ4n) is 2.35. The number of aromatic hydroxyl groups is 3. The van der Waals surface area contributed by atoms with Gasteiger partial charge in [0, 0.05) is 21.5 Å². The van der Waals surface area contributed by atoms with Crippen LogP contribution >= 0.6 is 34.5 Å². The van der Waals surface area contributed by atoms with E-state index in [0.717, 1.165) is 0 Å². The Morgan fingerprint density at radius 2 is 1.89 bits per heavy atom. The maximum Gasteiger partial charge on any atom is 0.206 e. The summed E-state index contributed by atoms with van der Waals surface area (Å²) in [6, 6.07) is 7.78. The molecule has 0 bridgehead atoms. The Labute approximate surface area is 174 Å². The fourth-order valence-corrected chi connectivity index (χ4v) is 3.57. The van der Waals surface area contributed by atoms with Gasteiger partial charge >= 0.3 is 0 Å². The maximum absolute atomic E-state index is 10.0. The molecule has 3 rings (SSSR count). The zero-order valence-electron chi connectivity index (χ0n) is 14.4. The van der Waals surface area contributed by atoms with Crippen LogP contribution in [0.15, 0.2) is 58.5 Å². The van der Waals surface area contributed by atoms with Crippen LogP contribution in [0, 0.1) is 0 Å². The molecule has 1 aromatic heterocycles. The molecule has 28 heavy (non-hydrogen) atoms. The third-order valence-corrected chi connectivity index (χ3v) is 5.14. The van der Waals surface area contributed by atoms with Gasteiger partial charge in [-0.15, -0.1) is 17.9 Å². The number of hydrogen-bond donors (Lipinski definition) is 3. The second-order valence-corrected chi connectivity index (χ2v) is 7.26. The van der Waals surface area contributed by atoms with Crippen LogP contribution in [0.3, 0.4) is 0 Å². The van der Waals surface area contributed by atoms with Crippen LogP contribution in [-0.4, -0.2) is 32.8 Å². The molecule has 9 heteroatoms. The summed E-state index contributed by atoms with van der Waals surface area (Å²) >= 11 is 13.8. The van der Waals surface area contributed by atoms with E-state index in [4.69, 9.17) is 23.2 Å². The molecule has 0 saturated carbocycles. The number of hydrogen-bond acceptors (Lipinski definition) is 6. The summed E-state index contributed by atoms with van der Waals surface area (Å²) in [5, 5.41) is 36.4. The second-order valence-electron chi connectivity index (χ2n) is 5.58. The maximum atomic E-state index is 10.0. The van der Waals surface area contributed by atoms with Crippen molar-refractivity contribution in [3.63, 3.8) is 0 Å². The van der Waals surface area contributed by atoms with Crippen molar-refractivity contribution in [2.45, 2.75) is 0 Å². The largest absolute Gasteiger partial charge is 0.504 e. The van der Waals surface area contributed by atoms with Crippen molar-refractivity contribution in [2.75, 3.05) is 6.54 Å². The molecule has 3 N–H and O–H groups in total. The molecule has 1 heterocycles. The lowest BCUT2D eigenvalue weighted by molar-refractivity contribution is 0.367. The Hall–Kier alpha value is -2.74. The van der Waals surface area contributed by atoms with Crippen molar-refractivity contribution in [1.82, 2.24) is 4.68 Å². The summed E-state index contributed by atoms with van der Waals surface area (Å²) in [5.41, 5.74) is 1.53. The highest BCUT2D eigenvalue weighted by Crippen LogP contribution is 2.36. The Kier molecular flexibility index (Phi) is 6.08. The van der Waals surface area contributed by atoms with Crippen molar-refractivity contribution in [3.05, 3.63) is 68.8 Å². The van der Waals surface area contributed by atoms with E-state index in [0.29, 0.717) is 32.6 Å². The van der Waals surface area contributed by atoms with Crippen LogP contribution in [0.5, 0.6) is 17.2 Å². The number of nitrogens with zero attached hydrogens (tertiary/aromatic N) is 3. The molecular weight excluding hydrogens is 421 g/mol. The van der Waals surface area contributed by atoms with Gasteiger partial charge in [0.05, 0.1) is 23.5 Å². The summed E-state index contributed by atoms with van der Waals surface area (Å²) in [6.45, 7) is 4.05. The van der Waals surface area contributed by atoms with Crippen LogP contribution in [0.4, 0.5) is 0 Å². The van der Waals surface area contributed by atoms with Crippen molar-refractivity contribution in [1.29, 1.82) is 0 Å². The number of rotatable bonds is 5. The molecule has 0 atom stereocenters. The zero-order chi connectivity index (χ0) is 20.3. The minimum Gasteiger partial charge on any atom is -0.504 e. The van der Waals surface area contributed by atoms with E-state index >= 15 is 0 Å². The van der Waals surface area contributed by atoms with Crippen molar-refractivity contribution in [2.24, 2.45) is 10.1 Å². The number of thiazole rings is 1. The van der Waals surface area contributed by atoms with Crippen LogP contribution < -0.4 is 4.80 Å². The van der Waals surface area contributed by atoms with Crippen molar-refractivity contribution < 1.29 is 15.3 Å².